The van der Waals surface area contributed by atoms with E-state index in [1.54, 1.807) is 24.7 Å². The first-order chi connectivity index (χ1) is 23.5. The van der Waals surface area contributed by atoms with Gasteiger partial charge in [0.1, 0.15) is 35.9 Å². The molecule has 3 aromatic rings. The maximum Gasteiger partial charge on any atom is 0.326 e. The van der Waals surface area contributed by atoms with Gasteiger partial charge in [0, 0.05) is 12.8 Å². The molecule has 0 bridgehead atoms. The highest BCUT2D eigenvalue weighted by Gasteiger charge is 2.39. The molecule has 4 rings (SSSR count). The van der Waals surface area contributed by atoms with Gasteiger partial charge in [0.2, 0.25) is 7.44 Å². The normalized spacial score (nSPS) is 16.6. The van der Waals surface area contributed by atoms with Crippen LogP contribution < -0.4 is 21.4 Å². The standard InChI is InChI=1S/C33H51N8O7P/c1-5-6-7-11-16-46-31(42)27(19-25-12-9-8-10-13-25)38-40-49(44,39-33(3,4)32(43)48-26-14-17-45-18-15-26)23-47-24(2)20-41-22-37-28-29(34)35-21-36-30(28)41/h8-10,12-13,21-22,24,26-27,38H,5-7,11,14-20,23H2,1-4H3,(H2,34,35,36)(H2,39,40,44)/t24-,27+,49?/m1/s1. The van der Waals surface area contributed by atoms with Gasteiger partial charge in [0.05, 0.1) is 38.8 Å². The van der Waals surface area contributed by atoms with E-state index >= 15 is 0 Å². The maximum absolute atomic E-state index is 14.7. The van der Waals surface area contributed by atoms with Crippen LogP contribution in [-0.2, 0) is 46.1 Å². The monoisotopic (exact) mass is 702 g/mol. The Morgan fingerprint density at radius 1 is 1.12 bits per heavy atom. The lowest BCUT2D eigenvalue weighted by Crippen LogP contribution is -2.54. The van der Waals surface area contributed by atoms with Crippen LogP contribution in [0.5, 0.6) is 0 Å². The number of hydrogen-bond donors (Lipinski definition) is 4. The third kappa shape index (κ3) is 11.8. The number of carbonyl (C=O) groups is 2. The second kappa shape index (κ2) is 18.5. The predicted octanol–water partition coefficient (Wildman–Crippen LogP) is 3.88. The number of fused-ring (bicyclic) bond motifs is 1. The second-order valence-corrected chi connectivity index (χ2v) is 15.0. The number of nitrogen functional groups attached to an aromatic ring is 1. The van der Waals surface area contributed by atoms with Crippen molar-refractivity contribution in [1.29, 1.82) is 0 Å². The Kier molecular flexibility index (Phi) is 14.5. The van der Waals surface area contributed by atoms with Gasteiger partial charge < -0.3 is 29.2 Å². The lowest BCUT2D eigenvalue weighted by Gasteiger charge is -2.33. The molecule has 0 amide bonds. The molecule has 0 radical (unpaired) electrons. The number of aromatic nitrogens is 4. The Labute approximate surface area is 287 Å². The summed E-state index contributed by atoms with van der Waals surface area (Å²) < 4.78 is 39.3. The van der Waals surface area contributed by atoms with Crippen LogP contribution in [0, 0.1) is 0 Å². The van der Waals surface area contributed by atoms with E-state index in [9.17, 15) is 14.2 Å². The number of nitrogens with two attached hydrogens (primary N) is 1. The van der Waals surface area contributed by atoms with Gasteiger partial charge >= 0.3 is 11.9 Å². The lowest BCUT2D eigenvalue weighted by atomic mass is 10.1. The second-order valence-electron chi connectivity index (χ2n) is 12.9. The number of hydrogen-bond acceptors (Lipinski definition) is 12. The Bertz CT molecular complexity index is 1530. The van der Waals surface area contributed by atoms with Gasteiger partial charge in [-0.2, -0.15) is 5.20 Å². The van der Waals surface area contributed by atoms with Crippen molar-refractivity contribution in [1.82, 2.24) is 35.2 Å². The van der Waals surface area contributed by atoms with E-state index in [1.165, 1.54) is 6.33 Å². The molecule has 1 unspecified atom stereocenters. The number of unbranched alkanes of at least 4 members (excludes halogenated alkanes) is 3. The SMILES string of the molecule is CCCCCCOC(=O)[C@H](Cc1ccccc1)NNP(=O)(CO[C@H](C)Cn1cnc2c(N)ncnc21)NC(C)(C)C(=O)OC1CCOCC1. The van der Waals surface area contributed by atoms with Crippen molar-refractivity contribution >= 4 is 36.4 Å². The van der Waals surface area contributed by atoms with Crippen molar-refractivity contribution in [3.8, 4) is 0 Å². The van der Waals surface area contributed by atoms with E-state index in [-0.39, 0.29) is 31.3 Å². The highest BCUT2D eigenvalue weighted by Crippen LogP contribution is 2.39. The zero-order valence-corrected chi connectivity index (χ0v) is 29.8. The van der Waals surface area contributed by atoms with Gasteiger partial charge in [0.15, 0.2) is 11.5 Å². The van der Waals surface area contributed by atoms with Gasteiger partial charge in [-0.1, -0.05) is 56.5 Å². The highest BCUT2D eigenvalue weighted by molar-refractivity contribution is 7.59. The van der Waals surface area contributed by atoms with Crippen molar-refractivity contribution in [2.75, 3.05) is 31.9 Å². The molecule has 1 saturated heterocycles. The Balaban J connectivity index is 1.49. The van der Waals surface area contributed by atoms with E-state index in [1.807, 2.05) is 37.3 Å². The zero-order valence-electron chi connectivity index (χ0n) is 28.9. The van der Waals surface area contributed by atoms with Gasteiger partial charge in [-0.25, -0.2) is 25.5 Å². The number of ether oxygens (including phenoxy) is 4. The van der Waals surface area contributed by atoms with Crippen molar-refractivity contribution < 1.29 is 33.1 Å². The van der Waals surface area contributed by atoms with E-state index in [2.05, 4.69) is 37.6 Å². The summed E-state index contributed by atoms with van der Waals surface area (Å²) in [5.74, 6) is -0.787. The zero-order chi connectivity index (χ0) is 35.3. The molecule has 1 fully saturated rings. The molecule has 0 aliphatic carbocycles. The van der Waals surface area contributed by atoms with Crippen molar-refractivity contribution in [3.63, 3.8) is 0 Å². The number of carbonyl (C=O) groups excluding carboxylic acids is 2. The third-order valence-electron chi connectivity index (χ3n) is 8.07. The molecule has 16 heteroatoms. The summed E-state index contributed by atoms with van der Waals surface area (Å²) in [7, 11) is -3.82. The maximum atomic E-state index is 14.7. The summed E-state index contributed by atoms with van der Waals surface area (Å²) in [6.45, 7) is 8.73. The molecule has 270 valence electrons. The molecule has 0 spiro atoms. The van der Waals surface area contributed by atoms with Gasteiger partial charge in [-0.05, 0) is 39.2 Å². The molecule has 0 saturated carbocycles. The summed E-state index contributed by atoms with van der Waals surface area (Å²) in [5, 5.41) is 5.84. The topological polar surface area (TPSA) is 194 Å². The van der Waals surface area contributed by atoms with Crippen LogP contribution >= 0.6 is 7.44 Å². The minimum atomic E-state index is -3.82. The van der Waals surface area contributed by atoms with E-state index < -0.39 is 37.1 Å². The quantitative estimate of drug-likeness (QED) is 0.0573. The molecule has 1 aliphatic heterocycles. The van der Waals surface area contributed by atoms with Crippen LogP contribution in [0.3, 0.4) is 0 Å². The highest BCUT2D eigenvalue weighted by atomic mass is 31.2. The molecule has 3 atom stereocenters. The number of imidazole rings is 1. The number of rotatable bonds is 20. The fourth-order valence-electron chi connectivity index (χ4n) is 5.30. The predicted molar refractivity (Wildman–Crippen MR) is 185 cm³/mol. The van der Waals surface area contributed by atoms with E-state index in [4.69, 9.17) is 24.7 Å². The summed E-state index contributed by atoms with van der Waals surface area (Å²) in [6, 6.07) is 8.57. The molecule has 49 heavy (non-hydrogen) atoms. The number of anilines is 1. The fourth-order valence-corrected chi connectivity index (χ4v) is 7.31. The minimum absolute atomic E-state index is 0.265. The van der Waals surface area contributed by atoms with Crippen molar-refractivity contribution in [3.05, 3.63) is 48.5 Å². The number of hydrazine groups is 1. The molecular formula is C33H51N8O7P. The average Bonchev–Trinajstić information content (AvgIpc) is 3.50. The van der Waals surface area contributed by atoms with Crippen LogP contribution in [0.2, 0.25) is 0 Å². The van der Waals surface area contributed by atoms with E-state index in [0.717, 1.165) is 31.2 Å². The molecule has 5 N–H and O–H groups in total. The van der Waals surface area contributed by atoms with Crippen LogP contribution in [0.4, 0.5) is 5.82 Å². The lowest BCUT2D eigenvalue weighted by molar-refractivity contribution is -0.159. The van der Waals surface area contributed by atoms with Crippen LogP contribution in [0.25, 0.3) is 11.2 Å². The number of benzene rings is 1. The first-order valence-electron chi connectivity index (χ1n) is 16.9. The van der Waals surface area contributed by atoms with Crippen molar-refractivity contribution in [2.24, 2.45) is 0 Å². The number of nitrogens with one attached hydrogen (secondary N) is 3. The van der Waals surface area contributed by atoms with Gasteiger partial charge in [-0.3, -0.25) is 14.2 Å². The summed E-state index contributed by atoms with van der Waals surface area (Å²) in [6.07, 6.45) is 7.11. The molecule has 1 aliphatic rings. The van der Waals surface area contributed by atoms with E-state index in [0.29, 0.717) is 43.8 Å². The smallest absolute Gasteiger partial charge is 0.326 e. The largest absolute Gasteiger partial charge is 0.464 e. The minimum Gasteiger partial charge on any atom is -0.464 e. The van der Waals surface area contributed by atoms with Crippen LogP contribution in [0.1, 0.15) is 71.8 Å². The molecule has 3 heterocycles. The average molecular weight is 703 g/mol. The van der Waals surface area contributed by atoms with Crippen molar-refractivity contribution in [2.45, 2.75) is 103 Å². The summed E-state index contributed by atoms with van der Waals surface area (Å²) in [4.78, 5) is 39.2. The first-order valence-corrected chi connectivity index (χ1v) is 18.8. The molecule has 2 aromatic heterocycles. The number of nitrogens with zero attached hydrogens (tertiary/aromatic N) is 4. The first kappa shape index (κ1) is 38.3. The molecule has 1 aromatic carbocycles. The summed E-state index contributed by atoms with van der Waals surface area (Å²) >= 11 is 0. The number of esters is 2. The Hall–Kier alpha value is -3.46. The van der Waals surface area contributed by atoms with Gasteiger partial charge in [-0.15, -0.1) is 0 Å². The third-order valence-corrected chi connectivity index (χ3v) is 9.99. The van der Waals surface area contributed by atoms with Crippen LogP contribution in [-0.4, -0.2) is 81.4 Å². The summed E-state index contributed by atoms with van der Waals surface area (Å²) in [5.41, 5.74) is 9.40. The fraction of sp³-hybridized carbons (Fsp3) is 0.606. The molecular weight excluding hydrogens is 651 g/mol. The van der Waals surface area contributed by atoms with Crippen LogP contribution in [0.15, 0.2) is 43.0 Å². The molecule has 15 nitrogen and oxygen atoms in total. The Morgan fingerprint density at radius 2 is 1.88 bits per heavy atom. The van der Waals surface area contributed by atoms with Gasteiger partial charge in [0.25, 0.3) is 0 Å². The Morgan fingerprint density at radius 3 is 2.61 bits per heavy atom.